The maximum atomic E-state index is 12.2. The Kier molecular flexibility index (Phi) is 5.17. The van der Waals surface area contributed by atoms with Gasteiger partial charge < -0.3 is 16.2 Å². The number of carbonyl (C=O) groups excluding carboxylic acids is 2. The number of carbonyl (C=O) groups is 2. The molecule has 2 rings (SSSR count). The summed E-state index contributed by atoms with van der Waals surface area (Å²) in [5.41, 5.74) is 5.39. The lowest BCUT2D eigenvalue weighted by Crippen LogP contribution is -2.34. The number of primary amides is 1. The Labute approximate surface area is 138 Å². The molecule has 0 aliphatic heterocycles. The topological polar surface area (TPSA) is 139 Å². The average molecular weight is 349 g/mol. The number of nitrogens with one attached hydrogen (secondary N) is 2. The number of nitrogens with two attached hydrogens (primary N) is 1. The standard InChI is InChI=1S/C15H15N3O5S/c16-15(21)12-3-1-2-4-13(12)24(22,23)17-9-14(20)18-10-5-7-11(19)8-6-10/h1-8,17,19H,9H2,(H2,16,21)(H,18,20). The molecule has 2 aromatic carbocycles. The van der Waals surface area contributed by atoms with Crippen LogP contribution in [-0.4, -0.2) is 31.9 Å². The summed E-state index contributed by atoms with van der Waals surface area (Å²) in [6, 6.07) is 11.1. The van der Waals surface area contributed by atoms with Crippen molar-refractivity contribution in [3.05, 3.63) is 54.1 Å². The average Bonchev–Trinajstić information content (AvgIpc) is 2.55. The molecule has 0 heterocycles. The van der Waals surface area contributed by atoms with Crippen LogP contribution in [0.5, 0.6) is 5.75 Å². The zero-order valence-corrected chi connectivity index (χ0v) is 13.2. The summed E-state index contributed by atoms with van der Waals surface area (Å²) in [7, 11) is -4.08. The van der Waals surface area contributed by atoms with Crippen molar-refractivity contribution in [2.24, 2.45) is 5.73 Å². The molecule has 0 spiro atoms. The van der Waals surface area contributed by atoms with Crippen molar-refractivity contribution in [3.63, 3.8) is 0 Å². The van der Waals surface area contributed by atoms with Gasteiger partial charge in [0.05, 0.1) is 17.0 Å². The van der Waals surface area contributed by atoms with Crippen LogP contribution in [0, 0.1) is 0 Å². The third kappa shape index (κ3) is 4.31. The van der Waals surface area contributed by atoms with Gasteiger partial charge in [0.25, 0.3) is 0 Å². The number of amides is 2. The SMILES string of the molecule is NC(=O)c1ccccc1S(=O)(=O)NCC(=O)Nc1ccc(O)cc1. The summed E-state index contributed by atoms with van der Waals surface area (Å²) in [6.07, 6.45) is 0. The van der Waals surface area contributed by atoms with E-state index in [1.54, 1.807) is 0 Å². The largest absolute Gasteiger partial charge is 0.508 e. The van der Waals surface area contributed by atoms with Crippen molar-refractivity contribution < 1.29 is 23.1 Å². The van der Waals surface area contributed by atoms with Gasteiger partial charge in [-0.3, -0.25) is 9.59 Å². The highest BCUT2D eigenvalue weighted by Gasteiger charge is 2.21. The van der Waals surface area contributed by atoms with E-state index in [0.29, 0.717) is 5.69 Å². The van der Waals surface area contributed by atoms with E-state index in [4.69, 9.17) is 10.8 Å². The van der Waals surface area contributed by atoms with Crippen LogP contribution in [-0.2, 0) is 14.8 Å². The van der Waals surface area contributed by atoms with E-state index in [0.717, 1.165) is 0 Å². The van der Waals surface area contributed by atoms with Crippen LogP contribution in [0.3, 0.4) is 0 Å². The maximum absolute atomic E-state index is 12.2. The first-order valence-electron chi connectivity index (χ1n) is 6.77. The smallest absolute Gasteiger partial charge is 0.250 e. The molecule has 0 fully saturated rings. The first-order chi connectivity index (χ1) is 11.3. The van der Waals surface area contributed by atoms with E-state index in [1.165, 1.54) is 48.5 Å². The van der Waals surface area contributed by atoms with Crippen molar-refractivity contribution in [2.45, 2.75) is 4.90 Å². The number of aromatic hydroxyl groups is 1. The van der Waals surface area contributed by atoms with Gasteiger partial charge in [-0.05, 0) is 36.4 Å². The maximum Gasteiger partial charge on any atom is 0.250 e. The number of benzene rings is 2. The first-order valence-corrected chi connectivity index (χ1v) is 8.25. The predicted octanol–water partition coefficient (Wildman–Crippen LogP) is 0.408. The fourth-order valence-corrected chi connectivity index (χ4v) is 3.09. The molecular formula is C15H15N3O5S. The Morgan fingerprint density at radius 3 is 2.29 bits per heavy atom. The molecule has 0 saturated carbocycles. The number of rotatable bonds is 6. The van der Waals surface area contributed by atoms with Gasteiger partial charge in [-0.25, -0.2) is 13.1 Å². The number of hydrogen-bond acceptors (Lipinski definition) is 5. The molecule has 0 atom stereocenters. The zero-order valence-electron chi connectivity index (χ0n) is 12.4. The highest BCUT2D eigenvalue weighted by molar-refractivity contribution is 7.89. The van der Waals surface area contributed by atoms with Crippen molar-refractivity contribution in [1.82, 2.24) is 4.72 Å². The second-order valence-electron chi connectivity index (χ2n) is 4.78. The van der Waals surface area contributed by atoms with Gasteiger partial charge in [-0.15, -0.1) is 0 Å². The zero-order chi connectivity index (χ0) is 17.7. The van der Waals surface area contributed by atoms with Gasteiger partial charge >= 0.3 is 0 Å². The van der Waals surface area contributed by atoms with E-state index >= 15 is 0 Å². The monoisotopic (exact) mass is 349 g/mol. The fraction of sp³-hybridized carbons (Fsp3) is 0.0667. The highest BCUT2D eigenvalue weighted by atomic mass is 32.2. The van der Waals surface area contributed by atoms with Gasteiger partial charge in [-0.1, -0.05) is 12.1 Å². The Balaban J connectivity index is 2.06. The van der Waals surface area contributed by atoms with E-state index in [1.807, 2.05) is 0 Å². The number of phenolic OH excluding ortho intramolecular Hbond substituents is 1. The summed E-state index contributed by atoms with van der Waals surface area (Å²) in [4.78, 5) is 22.8. The van der Waals surface area contributed by atoms with E-state index in [9.17, 15) is 18.0 Å². The number of sulfonamides is 1. The molecule has 0 saturated heterocycles. The molecule has 8 nitrogen and oxygen atoms in total. The molecule has 9 heteroatoms. The Morgan fingerprint density at radius 2 is 1.67 bits per heavy atom. The normalized spacial score (nSPS) is 11.0. The minimum atomic E-state index is -4.08. The van der Waals surface area contributed by atoms with E-state index in [2.05, 4.69) is 10.0 Å². The van der Waals surface area contributed by atoms with Gasteiger partial charge in [0.1, 0.15) is 5.75 Å². The van der Waals surface area contributed by atoms with Crippen LogP contribution in [0.25, 0.3) is 0 Å². The van der Waals surface area contributed by atoms with Crippen LogP contribution < -0.4 is 15.8 Å². The first kappa shape index (κ1) is 17.4. The predicted molar refractivity (Wildman–Crippen MR) is 86.9 cm³/mol. The second kappa shape index (κ2) is 7.11. The number of phenols is 1. The fourth-order valence-electron chi connectivity index (χ4n) is 1.89. The lowest BCUT2D eigenvalue weighted by atomic mass is 10.2. The molecule has 0 unspecified atom stereocenters. The molecule has 2 amide bonds. The minimum Gasteiger partial charge on any atom is -0.508 e. The molecule has 5 N–H and O–H groups in total. The summed E-state index contributed by atoms with van der Waals surface area (Å²) in [6.45, 7) is -0.531. The Morgan fingerprint density at radius 1 is 1.04 bits per heavy atom. The molecule has 0 bridgehead atoms. The lowest BCUT2D eigenvalue weighted by molar-refractivity contribution is -0.115. The molecule has 0 aromatic heterocycles. The van der Waals surface area contributed by atoms with E-state index in [-0.39, 0.29) is 16.2 Å². The van der Waals surface area contributed by atoms with Gasteiger partial charge in [0.2, 0.25) is 21.8 Å². The Hall–Kier alpha value is -2.91. The molecule has 2 aromatic rings. The third-order valence-corrected chi connectivity index (χ3v) is 4.48. The second-order valence-corrected chi connectivity index (χ2v) is 6.52. The van der Waals surface area contributed by atoms with Gasteiger partial charge in [-0.2, -0.15) is 0 Å². The number of hydrogen-bond donors (Lipinski definition) is 4. The molecular weight excluding hydrogens is 334 g/mol. The quantitative estimate of drug-likeness (QED) is 0.559. The molecule has 0 aliphatic rings. The Bertz CT molecular complexity index is 863. The van der Waals surface area contributed by atoms with Crippen LogP contribution in [0.1, 0.15) is 10.4 Å². The third-order valence-electron chi connectivity index (χ3n) is 3.02. The summed E-state index contributed by atoms with van der Waals surface area (Å²) >= 11 is 0. The van der Waals surface area contributed by atoms with Crippen LogP contribution in [0.15, 0.2) is 53.4 Å². The molecule has 0 aliphatic carbocycles. The van der Waals surface area contributed by atoms with Gasteiger partial charge in [0, 0.05) is 5.69 Å². The summed E-state index contributed by atoms with van der Waals surface area (Å²) in [5.74, 6) is -1.46. The molecule has 24 heavy (non-hydrogen) atoms. The van der Waals surface area contributed by atoms with Crippen molar-refractivity contribution in [1.29, 1.82) is 0 Å². The van der Waals surface area contributed by atoms with Crippen LogP contribution in [0.2, 0.25) is 0 Å². The summed E-state index contributed by atoms with van der Waals surface area (Å²) in [5, 5.41) is 11.6. The molecule has 0 radical (unpaired) electrons. The van der Waals surface area contributed by atoms with Crippen LogP contribution >= 0.6 is 0 Å². The van der Waals surface area contributed by atoms with E-state index < -0.39 is 28.4 Å². The summed E-state index contributed by atoms with van der Waals surface area (Å²) < 4.78 is 26.6. The van der Waals surface area contributed by atoms with Crippen LogP contribution in [0.4, 0.5) is 5.69 Å². The van der Waals surface area contributed by atoms with Gasteiger partial charge in [0.15, 0.2) is 0 Å². The highest BCUT2D eigenvalue weighted by Crippen LogP contribution is 2.15. The van der Waals surface area contributed by atoms with Crippen molar-refractivity contribution >= 4 is 27.5 Å². The molecule has 126 valence electrons. The van der Waals surface area contributed by atoms with Crippen molar-refractivity contribution in [3.8, 4) is 5.75 Å². The minimum absolute atomic E-state index is 0.0387. The lowest BCUT2D eigenvalue weighted by Gasteiger charge is -2.10. The number of anilines is 1. The van der Waals surface area contributed by atoms with Crippen molar-refractivity contribution in [2.75, 3.05) is 11.9 Å².